The monoisotopic (exact) mass is 447 g/mol. The summed E-state index contributed by atoms with van der Waals surface area (Å²) in [5, 5.41) is 6.06. The van der Waals surface area contributed by atoms with Crippen LogP contribution in [0.1, 0.15) is 29.4 Å². The highest BCUT2D eigenvalue weighted by Crippen LogP contribution is 2.23. The van der Waals surface area contributed by atoms with E-state index in [9.17, 15) is 4.79 Å². The second kappa shape index (κ2) is 12.2. The summed E-state index contributed by atoms with van der Waals surface area (Å²) >= 11 is 0. The van der Waals surface area contributed by atoms with E-state index in [1.807, 2.05) is 30.3 Å². The molecule has 0 aliphatic rings. The lowest BCUT2D eigenvalue weighted by Crippen LogP contribution is -2.19. The zero-order valence-corrected chi connectivity index (χ0v) is 18.6. The molecule has 1 aromatic carbocycles. The van der Waals surface area contributed by atoms with Gasteiger partial charge in [-0.3, -0.25) is 9.78 Å². The third-order valence-electron chi connectivity index (χ3n) is 4.73. The van der Waals surface area contributed by atoms with Crippen LogP contribution in [0.2, 0.25) is 0 Å². The molecule has 3 rings (SSSR count). The predicted molar refractivity (Wildman–Crippen MR) is 131 cm³/mol. The Labute approximate surface area is 193 Å². The smallest absolute Gasteiger partial charge is 0.278 e. The van der Waals surface area contributed by atoms with Gasteiger partial charge in [0, 0.05) is 24.9 Å². The molecule has 9 nitrogen and oxygen atoms in total. The van der Waals surface area contributed by atoms with Gasteiger partial charge in [0.05, 0.1) is 36.1 Å². The molecule has 1 amide bonds. The fourth-order valence-electron chi connectivity index (χ4n) is 3.05. The number of carbonyl (C=O) groups excluding carboxylic acids is 1. The Kier molecular flexibility index (Phi) is 8.72. The second-order valence-corrected chi connectivity index (χ2v) is 7.23. The van der Waals surface area contributed by atoms with Gasteiger partial charge in [-0.15, -0.1) is 0 Å². The van der Waals surface area contributed by atoms with Gasteiger partial charge in [-0.25, -0.2) is 9.97 Å². The van der Waals surface area contributed by atoms with Crippen LogP contribution in [0.15, 0.2) is 61.2 Å². The second-order valence-electron chi connectivity index (χ2n) is 7.23. The molecular weight excluding hydrogens is 418 g/mol. The molecule has 6 N–H and O–H groups in total. The van der Waals surface area contributed by atoms with E-state index in [4.69, 9.17) is 16.2 Å². The van der Waals surface area contributed by atoms with Crippen molar-refractivity contribution in [2.75, 3.05) is 36.1 Å². The molecule has 0 bridgehead atoms. The number of allylic oxidation sites excluding steroid dienone is 1. The number of nitrogens with one attached hydrogen (secondary N) is 2. The number of anilines is 3. The fourth-order valence-corrected chi connectivity index (χ4v) is 3.05. The first-order valence-corrected chi connectivity index (χ1v) is 10.8. The van der Waals surface area contributed by atoms with Crippen molar-refractivity contribution in [3.63, 3.8) is 0 Å². The third-order valence-corrected chi connectivity index (χ3v) is 4.73. The van der Waals surface area contributed by atoms with Crippen LogP contribution in [0.25, 0.3) is 11.3 Å². The van der Waals surface area contributed by atoms with E-state index in [-0.39, 0.29) is 11.5 Å². The summed E-state index contributed by atoms with van der Waals surface area (Å²) in [4.78, 5) is 25.7. The number of pyridine rings is 1. The van der Waals surface area contributed by atoms with Crippen LogP contribution in [0, 0.1) is 0 Å². The molecule has 0 saturated carbocycles. The van der Waals surface area contributed by atoms with Gasteiger partial charge >= 0.3 is 0 Å². The van der Waals surface area contributed by atoms with Crippen LogP contribution in [0.4, 0.5) is 17.2 Å². The Morgan fingerprint density at radius 3 is 2.70 bits per heavy atom. The van der Waals surface area contributed by atoms with Gasteiger partial charge in [-0.05, 0) is 30.7 Å². The SMILES string of the molecule is CCCOCCNc1ccncc1NC(=O)c1nc(-c2ccc(C/C=C/N)cc2)cnc1N. The quantitative estimate of drug-likeness (QED) is 0.328. The lowest BCUT2D eigenvalue weighted by Gasteiger charge is -2.13. The maximum absolute atomic E-state index is 13.0. The van der Waals surface area contributed by atoms with Gasteiger partial charge in [0.2, 0.25) is 0 Å². The van der Waals surface area contributed by atoms with Gasteiger partial charge in [0.15, 0.2) is 11.5 Å². The van der Waals surface area contributed by atoms with Crippen molar-refractivity contribution >= 4 is 23.1 Å². The Morgan fingerprint density at radius 2 is 1.94 bits per heavy atom. The number of nitrogen functional groups attached to an aromatic ring is 1. The molecule has 0 spiro atoms. The summed E-state index contributed by atoms with van der Waals surface area (Å²) in [5.41, 5.74) is 15.1. The molecule has 0 saturated heterocycles. The van der Waals surface area contributed by atoms with E-state index in [0.29, 0.717) is 31.1 Å². The molecule has 0 aliphatic carbocycles. The standard InChI is InChI=1S/C24H29N7O2/c1-2-13-33-14-12-28-19-9-11-27-15-21(19)31-24(32)22-23(26)29-16-20(30-22)18-7-5-17(6-8-18)4-3-10-25/h3,5-11,15-16H,2,4,12-14,25H2,1H3,(H2,26,29)(H,27,28)(H,31,32)/b10-3+. The summed E-state index contributed by atoms with van der Waals surface area (Å²) in [7, 11) is 0. The summed E-state index contributed by atoms with van der Waals surface area (Å²) in [6.07, 6.45) is 9.86. The average Bonchev–Trinajstić information content (AvgIpc) is 2.84. The minimum absolute atomic E-state index is 0.0451. The summed E-state index contributed by atoms with van der Waals surface area (Å²) < 4.78 is 5.48. The maximum atomic E-state index is 13.0. The van der Waals surface area contributed by atoms with E-state index in [1.54, 1.807) is 24.7 Å². The van der Waals surface area contributed by atoms with Crippen molar-refractivity contribution < 1.29 is 9.53 Å². The topological polar surface area (TPSA) is 141 Å². The van der Waals surface area contributed by atoms with Crippen molar-refractivity contribution in [1.29, 1.82) is 0 Å². The van der Waals surface area contributed by atoms with Crippen LogP contribution in [0.5, 0.6) is 0 Å². The van der Waals surface area contributed by atoms with Gasteiger partial charge < -0.3 is 26.8 Å². The number of hydrogen-bond donors (Lipinski definition) is 4. The summed E-state index contributed by atoms with van der Waals surface area (Å²) in [6, 6.07) is 9.58. The van der Waals surface area contributed by atoms with Gasteiger partial charge in [-0.2, -0.15) is 0 Å². The van der Waals surface area contributed by atoms with E-state index >= 15 is 0 Å². The number of hydrogen-bond acceptors (Lipinski definition) is 8. The summed E-state index contributed by atoms with van der Waals surface area (Å²) in [6.45, 7) is 3.93. The molecule has 0 fully saturated rings. The van der Waals surface area contributed by atoms with Gasteiger partial charge in [0.1, 0.15) is 0 Å². The van der Waals surface area contributed by atoms with E-state index < -0.39 is 5.91 Å². The van der Waals surface area contributed by atoms with Crippen LogP contribution in [-0.2, 0) is 11.2 Å². The number of ether oxygens (including phenoxy) is 1. The molecule has 0 unspecified atom stereocenters. The molecule has 0 radical (unpaired) electrons. The molecule has 172 valence electrons. The van der Waals surface area contributed by atoms with Gasteiger partial charge in [-0.1, -0.05) is 37.3 Å². The highest BCUT2D eigenvalue weighted by molar-refractivity contribution is 6.07. The van der Waals surface area contributed by atoms with Crippen molar-refractivity contribution in [2.24, 2.45) is 5.73 Å². The number of amides is 1. The largest absolute Gasteiger partial charge is 0.405 e. The van der Waals surface area contributed by atoms with Crippen molar-refractivity contribution in [1.82, 2.24) is 15.0 Å². The molecule has 33 heavy (non-hydrogen) atoms. The molecule has 0 aliphatic heterocycles. The maximum Gasteiger partial charge on any atom is 0.278 e. The molecule has 0 atom stereocenters. The summed E-state index contributed by atoms with van der Waals surface area (Å²) in [5.74, 6) is -0.419. The first-order chi connectivity index (χ1) is 16.1. The van der Waals surface area contributed by atoms with E-state index in [0.717, 1.165) is 29.7 Å². The number of nitrogens with two attached hydrogens (primary N) is 2. The average molecular weight is 448 g/mol. The number of nitrogens with zero attached hydrogens (tertiary/aromatic N) is 3. The van der Waals surface area contributed by atoms with Crippen LogP contribution >= 0.6 is 0 Å². The van der Waals surface area contributed by atoms with E-state index in [2.05, 4.69) is 32.5 Å². The van der Waals surface area contributed by atoms with Crippen molar-refractivity contribution in [2.45, 2.75) is 19.8 Å². The first kappa shape index (κ1) is 23.7. The highest BCUT2D eigenvalue weighted by atomic mass is 16.5. The number of aromatic nitrogens is 3. The van der Waals surface area contributed by atoms with Crippen molar-refractivity contribution in [3.8, 4) is 11.3 Å². The Morgan fingerprint density at radius 1 is 1.12 bits per heavy atom. The van der Waals surface area contributed by atoms with Crippen molar-refractivity contribution in [3.05, 3.63) is 72.5 Å². The molecular formula is C24H29N7O2. The Bertz CT molecular complexity index is 1080. The van der Waals surface area contributed by atoms with Crippen LogP contribution in [0.3, 0.4) is 0 Å². The zero-order chi connectivity index (χ0) is 23.5. The fraction of sp³-hybridized carbons (Fsp3) is 0.250. The number of benzene rings is 1. The van der Waals surface area contributed by atoms with Crippen LogP contribution in [-0.4, -0.2) is 40.6 Å². The molecule has 2 aromatic heterocycles. The molecule has 9 heteroatoms. The Balaban J connectivity index is 1.73. The third kappa shape index (κ3) is 6.75. The zero-order valence-electron chi connectivity index (χ0n) is 18.6. The molecule has 3 aromatic rings. The van der Waals surface area contributed by atoms with E-state index in [1.165, 1.54) is 6.20 Å². The lowest BCUT2D eigenvalue weighted by atomic mass is 10.1. The number of carbonyl (C=O) groups is 1. The normalized spacial score (nSPS) is 10.9. The minimum atomic E-state index is -0.468. The molecule has 2 heterocycles. The first-order valence-electron chi connectivity index (χ1n) is 10.8. The Hall–Kier alpha value is -3.98. The lowest BCUT2D eigenvalue weighted by molar-refractivity contribution is 0.102. The van der Waals surface area contributed by atoms with Gasteiger partial charge in [0.25, 0.3) is 5.91 Å². The van der Waals surface area contributed by atoms with Crippen LogP contribution < -0.4 is 22.1 Å². The minimum Gasteiger partial charge on any atom is -0.405 e. The predicted octanol–water partition coefficient (Wildman–Crippen LogP) is 3.23. The highest BCUT2D eigenvalue weighted by Gasteiger charge is 2.16. The number of rotatable bonds is 11.